The summed E-state index contributed by atoms with van der Waals surface area (Å²) in [4.78, 5) is 11.9. The fourth-order valence-corrected chi connectivity index (χ4v) is 1.86. The first kappa shape index (κ1) is 12.4. The van der Waals surface area contributed by atoms with Gasteiger partial charge < -0.3 is 9.84 Å². The van der Waals surface area contributed by atoms with Crippen molar-refractivity contribution in [2.75, 3.05) is 6.61 Å². The average molecular weight is 251 g/mol. The topological polar surface area (TPSA) is 51.5 Å². The molecule has 4 nitrogen and oxygen atoms in total. The summed E-state index contributed by atoms with van der Waals surface area (Å²) >= 11 is 0. The zero-order valence-electron chi connectivity index (χ0n) is 10.2. The van der Waals surface area contributed by atoms with Gasteiger partial charge in [0.25, 0.3) is 0 Å². The van der Waals surface area contributed by atoms with Crippen molar-refractivity contribution in [3.63, 3.8) is 0 Å². The molecule has 2 rings (SSSR count). The van der Waals surface area contributed by atoms with Crippen molar-refractivity contribution in [1.82, 2.24) is 4.57 Å². The number of hydrogen-bond donors (Lipinski definition) is 1. The number of phenolic OH excluding ortho intramolecular Hbond substituents is 1. The van der Waals surface area contributed by atoms with E-state index in [1.807, 2.05) is 6.92 Å². The number of aromatic hydroxyl groups is 1. The van der Waals surface area contributed by atoms with Crippen molar-refractivity contribution < 1.29 is 19.0 Å². The Morgan fingerprint density at radius 1 is 1.50 bits per heavy atom. The van der Waals surface area contributed by atoms with Crippen LogP contribution in [0.3, 0.4) is 0 Å². The lowest BCUT2D eigenvalue weighted by Gasteiger charge is -2.07. The van der Waals surface area contributed by atoms with Crippen LogP contribution in [0.25, 0.3) is 10.9 Å². The second-order valence-electron chi connectivity index (χ2n) is 4.07. The van der Waals surface area contributed by atoms with Gasteiger partial charge >= 0.3 is 6.09 Å². The summed E-state index contributed by atoms with van der Waals surface area (Å²) in [7, 11) is 0. The number of carbonyl (C=O) groups is 1. The predicted octanol–water partition coefficient (Wildman–Crippen LogP) is 3.19. The van der Waals surface area contributed by atoms with Gasteiger partial charge in [0.1, 0.15) is 0 Å². The number of benzene rings is 1. The fraction of sp³-hybridized carbons (Fsp3) is 0.308. The monoisotopic (exact) mass is 251 g/mol. The van der Waals surface area contributed by atoms with Crippen molar-refractivity contribution in [3.8, 4) is 5.75 Å². The molecule has 18 heavy (non-hydrogen) atoms. The van der Waals surface area contributed by atoms with Gasteiger partial charge in [0.15, 0.2) is 11.6 Å². The molecule has 2 aromatic rings. The van der Waals surface area contributed by atoms with Gasteiger partial charge in [-0.1, -0.05) is 6.92 Å². The smallest absolute Gasteiger partial charge is 0.418 e. The van der Waals surface area contributed by atoms with E-state index in [0.717, 1.165) is 6.42 Å². The van der Waals surface area contributed by atoms with Gasteiger partial charge in [-0.15, -0.1) is 0 Å². The summed E-state index contributed by atoms with van der Waals surface area (Å²) in [6, 6.07) is 4.23. The minimum Gasteiger partial charge on any atom is -0.505 e. The number of aryl methyl sites for hydroxylation is 1. The van der Waals surface area contributed by atoms with Gasteiger partial charge in [0.2, 0.25) is 0 Å². The Labute approximate surface area is 104 Å². The lowest BCUT2D eigenvalue weighted by atomic mass is 10.2. The number of nitrogens with zero attached hydrogens (tertiary/aromatic N) is 1. The average Bonchev–Trinajstić information content (AvgIpc) is 2.68. The Hall–Kier alpha value is -2.04. The van der Waals surface area contributed by atoms with E-state index < -0.39 is 17.7 Å². The molecule has 96 valence electrons. The first-order valence-electron chi connectivity index (χ1n) is 5.73. The molecule has 0 saturated heterocycles. The molecule has 0 atom stereocenters. The number of phenols is 1. The van der Waals surface area contributed by atoms with Crippen LogP contribution in [0.15, 0.2) is 18.2 Å². The second-order valence-corrected chi connectivity index (χ2v) is 4.07. The zero-order valence-corrected chi connectivity index (χ0v) is 10.2. The summed E-state index contributed by atoms with van der Waals surface area (Å²) in [5.74, 6) is -1.15. The maximum Gasteiger partial charge on any atom is 0.418 e. The van der Waals surface area contributed by atoms with E-state index in [9.17, 15) is 14.3 Å². The van der Waals surface area contributed by atoms with Crippen LogP contribution >= 0.6 is 0 Å². The fourth-order valence-electron chi connectivity index (χ4n) is 1.86. The predicted molar refractivity (Wildman–Crippen MR) is 65.3 cm³/mol. The Kier molecular flexibility index (Phi) is 3.23. The lowest BCUT2D eigenvalue weighted by Crippen LogP contribution is -2.15. The van der Waals surface area contributed by atoms with E-state index >= 15 is 0 Å². The van der Waals surface area contributed by atoms with Crippen LogP contribution in [0.5, 0.6) is 5.75 Å². The van der Waals surface area contributed by atoms with Crippen LogP contribution in [0.4, 0.5) is 9.18 Å². The van der Waals surface area contributed by atoms with Crippen LogP contribution in [0, 0.1) is 12.7 Å². The first-order chi connectivity index (χ1) is 8.56. The molecule has 0 unspecified atom stereocenters. The van der Waals surface area contributed by atoms with Crippen molar-refractivity contribution in [1.29, 1.82) is 0 Å². The quantitative estimate of drug-likeness (QED) is 0.891. The van der Waals surface area contributed by atoms with E-state index in [1.54, 1.807) is 6.92 Å². The lowest BCUT2D eigenvalue weighted by molar-refractivity contribution is 0.148. The molecule has 0 radical (unpaired) electrons. The molecule has 0 fully saturated rings. The third-order valence-electron chi connectivity index (χ3n) is 2.70. The van der Waals surface area contributed by atoms with Crippen molar-refractivity contribution in [3.05, 3.63) is 29.7 Å². The summed E-state index contributed by atoms with van der Waals surface area (Å²) in [6.07, 6.45) is 0.188. The SMILES string of the molecule is CCCOC(=O)n1c(C)cc2c(F)c(O)ccc21. The summed E-state index contributed by atoms with van der Waals surface area (Å²) in [6.45, 7) is 3.90. The van der Waals surface area contributed by atoms with Crippen LogP contribution in [0.1, 0.15) is 19.0 Å². The van der Waals surface area contributed by atoms with Crippen molar-refractivity contribution in [2.24, 2.45) is 0 Å². The molecule has 1 aromatic carbocycles. The Bertz CT molecular complexity index is 604. The molecule has 5 heteroatoms. The number of rotatable bonds is 2. The maximum atomic E-state index is 13.7. The molecular weight excluding hydrogens is 237 g/mol. The molecule has 0 aliphatic carbocycles. The Morgan fingerprint density at radius 3 is 2.89 bits per heavy atom. The van der Waals surface area contributed by atoms with Crippen LogP contribution < -0.4 is 0 Å². The normalized spacial score (nSPS) is 10.8. The molecule has 0 bridgehead atoms. The number of ether oxygens (including phenoxy) is 1. The van der Waals surface area contributed by atoms with E-state index in [1.165, 1.54) is 22.8 Å². The summed E-state index contributed by atoms with van der Waals surface area (Å²) in [5.41, 5.74) is 0.958. The third-order valence-corrected chi connectivity index (χ3v) is 2.70. The molecule has 0 saturated carbocycles. The molecule has 1 aromatic heterocycles. The molecule has 0 spiro atoms. The van der Waals surface area contributed by atoms with E-state index in [4.69, 9.17) is 4.74 Å². The standard InChI is InChI=1S/C13H14FNO3/c1-3-6-18-13(17)15-8(2)7-9-10(15)4-5-11(16)12(9)14/h4-5,7,16H,3,6H2,1-2H3. The number of halogens is 1. The molecule has 0 aliphatic rings. The van der Waals surface area contributed by atoms with Gasteiger partial charge in [-0.2, -0.15) is 0 Å². The van der Waals surface area contributed by atoms with Gasteiger partial charge in [0.05, 0.1) is 12.1 Å². The molecule has 1 N–H and O–H groups in total. The number of aromatic nitrogens is 1. The Morgan fingerprint density at radius 2 is 2.22 bits per heavy atom. The van der Waals surface area contributed by atoms with Gasteiger partial charge in [0, 0.05) is 11.1 Å². The third kappa shape index (κ3) is 1.92. The van der Waals surface area contributed by atoms with Crippen LogP contribution in [-0.4, -0.2) is 22.4 Å². The number of carbonyl (C=O) groups excluding carboxylic acids is 1. The Balaban J connectivity index is 2.54. The minimum atomic E-state index is -0.724. The van der Waals surface area contributed by atoms with Crippen LogP contribution in [0.2, 0.25) is 0 Å². The highest BCUT2D eigenvalue weighted by atomic mass is 19.1. The van der Waals surface area contributed by atoms with E-state index in [-0.39, 0.29) is 5.39 Å². The maximum absolute atomic E-state index is 13.7. The highest BCUT2D eigenvalue weighted by Crippen LogP contribution is 2.28. The summed E-state index contributed by atoms with van der Waals surface area (Å²) < 4.78 is 20.0. The van der Waals surface area contributed by atoms with Crippen LogP contribution in [-0.2, 0) is 4.74 Å². The highest BCUT2D eigenvalue weighted by molar-refractivity contribution is 5.92. The largest absolute Gasteiger partial charge is 0.505 e. The van der Waals surface area contributed by atoms with E-state index in [0.29, 0.717) is 17.8 Å². The molecule has 0 aliphatic heterocycles. The van der Waals surface area contributed by atoms with Gasteiger partial charge in [-0.05, 0) is 31.5 Å². The van der Waals surface area contributed by atoms with Gasteiger partial charge in [-0.25, -0.2) is 13.8 Å². The zero-order chi connectivity index (χ0) is 13.3. The second kappa shape index (κ2) is 4.68. The minimum absolute atomic E-state index is 0.209. The number of fused-ring (bicyclic) bond motifs is 1. The highest BCUT2D eigenvalue weighted by Gasteiger charge is 2.17. The van der Waals surface area contributed by atoms with Gasteiger partial charge in [-0.3, -0.25) is 0 Å². The van der Waals surface area contributed by atoms with Crippen molar-refractivity contribution >= 4 is 17.0 Å². The van der Waals surface area contributed by atoms with E-state index in [2.05, 4.69) is 0 Å². The summed E-state index contributed by atoms with van der Waals surface area (Å²) in [5, 5.41) is 9.51. The number of hydrogen-bond acceptors (Lipinski definition) is 3. The molecule has 1 heterocycles. The molecule has 0 amide bonds. The van der Waals surface area contributed by atoms with Crippen molar-refractivity contribution in [2.45, 2.75) is 20.3 Å². The molecular formula is C13H14FNO3. The first-order valence-corrected chi connectivity index (χ1v) is 5.73.